The smallest absolute Gasteiger partial charge is 0.406 e. The number of aryl methyl sites for hydroxylation is 1. The fourth-order valence-electron chi connectivity index (χ4n) is 2.86. The van der Waals surface area contributed by atoms with Crippen LogP contribution in [0.3, 0.4) is 0 Å². The molecule has 28 heavy (non-hydrogen) atoms. The molecule has 3 heterocycles. The molecule has 0 fully saturated rings. The predicted octanol–water partition coefficient (Wildman–Crippen LogP) is 2.63. The van der Waals surface area contributed by atoms with Crippen LogP contribution in [0.1, 0.15) is 6.92 Å². The first kappa shape index (κ1) is 18.2. The van der Waals surface area contributed by atoms with Crippen LogP contribution in [-0.4, -0.2) is 48.6 Å². The van der Waals surface area contributed by atoms with E-state index >= 15 is 0 Å². The van der Waals surface area contributed by atoms with Crippen molar-refractivity contribution in [1.29, 1.82) is 0 Å². The minimum absolute atomic E-state index is 0.191. The van der Waals surface area contributed by atoms with Crippen molar-refractivity contribution in [2.75, 3.05) is 6.61 Å². The third-order valence-corrected chi connectivity index (χ3v) is 4.48. The molecule has 0 spiro atoms. The summed E-state index contributed by atoms with van der Waals surface area (Å²) >= 11 is 6.08. The molecule has 4 aromatic rings. The lowest BCUT2D eigenvalue weighted by Crippen LogP contribution is -2.36. The van der Waals surface area contributed by atoms with Crippen molar-refractivity contribution in [2.24, 2.45) is 7.05 Å². The maximum atomic E-state index is 12.0. The lowest BCUT2D eigenvalue weighted by molar-refractivity contribution is 0.186. The maximum absolute atomic E-state index is 12.0. The zero-order valence-electron chi connectivity index (χ0n) is 15.1. The van der Waals surface area contributed by atoms with Crippen molar-refractivity contribution in [3.8, 4) is 17.1 Å². The second-order valence-electron chi connectivity index (χ2n) is 6.36. The van der Waals surface area contributed by atoms with Gasteiger partial charge < -0.3 is 20.1 Å². The first-order valence-corrected chi connectivity index (χ1v) is 8.90. The van der Waals surface area contributed by atoms with Crippen LogP contribution >= 0.6 is 11.6 Å². The van der Waals surface area contributed by atoms with Crippen molar-refractivity contribution < 1.29 is 14.6 Å². The fraction of sp³-hybridized carbons (Fsp3) is 0.222. The Hall–Kier alpha value is -3.17. The number of benzene rings is 1. The molecule has 9 nitrogen and oxygen atoms in total. The Morgan fingerprint density at radius 2 is 2.29 bits per heavy atom. The molecular weight excluding hydrogens is 384 g/mol. The number of nitrogens with zero attached hydrogens (tertiary/aromatic N) is 4. The highest BCUT2D eigenvalue weighted by Gasteiger charge is 2.17. The minimum atomic E-state index is -0.687. The summed E-state index contributed by atoms with van der Waals surface area (Å²) in [4.78, 5) is 23.8. The van der Waals surface area contributed by atoms with Crippen LogP contribution in [0.15, 0.2) is 30.6 Å². The number of hydrogen-bond acceptors (Lipinski definition) is 6. The van der Waals surface area contributed by atoms with E-state index in [-0.39, 0.29) is 12.4 Å². The van der Waals surface area contributed by atoms with E-state index in [9.17, 15) is 4.79 Å². The second kappa shape index (κ2) is 7.10. The summed E-state index contributed by atoms with van der Waals surface area (Å²) in [5.41, 5.74) is 2.93. The zero-order chi connectivity index (χ0) is 19.8. The highest BCUT2D eigenvalue weighted by Crippen LogP contribution is 2.30. The Labute approximate surface area is 164 Å². The van der Waals surface area contributed by atoms with Gasteiger partial charge in [0.05, 0.1) is 24.4 Å². The Kier molecular flexibility index (Phi) is 4.62. The van der Waals surface area contributed by atoms with Crippen molar-refractivity contribution >= 4 is 39.8 Å². The largest absolute Gasteiger partial charge is 0.413 e. The summed E-state index contributed by atoms with van der Waals surface area (Å²) in [6, 6.07) is 5.07. The third-order valence-electron chi connectivity index (χ3n) is 4.24. The maximum Gasteiger partial charge on any atom is 0.413 e. The molecule has 0 saturated carbocycles. The highest BCUT2D eigenvalue weighted by molar-refractivity contribution is 6.31. The van der Waals surface area contributed by atoms with Gasteiger partial charge in [0.15, 0.2) is 16.9 Å². The standard InChI is InChI=1S/C18H17ClN6O3/c1-9(8-26)22-18(27)28-14-7-21-17-16(14)23-12(6-20-17)15-11-4-3-10(19)5-13(11)25(2)24-15/h3-7,9,26H,8H2,1-2H3,(H,20,21)(H,22,27)/t9-/m0/s1. The molecule has 0 bridgehead atoms. The first-order chi connectivity index (χ1) is 13.5. The van der Waals surface area contributed by atoms with Crippen LogP contribution in [0.2, 0.25) is 5.02 Å². The van der Waals surface area contributed by atoms with Gasteiger partial charge in [0.2, 0.25) is 0 Å². The number of rotatable bonds is 4. The molecule has 0 unspecified atom stereocenters. The SMILES string of the molecule is C[C@@H](CO)NC(=O)Oc1c[nH]c2ncc(-c3nn(C)c4cc(Cl)ccc34)nc12. The Balaban J connectivity index is 1.73. The molecule has 144 valence electrons. The van der Waals surface area contributed by atoms with Crippen molar-refractivity contribution in [3.05, 3.63) is 35.6 Å². The number of fused-ring (bicyclic) bond motifs is 2. The van der Waals surface area contributed by atoms with E-state index in [1.165, 1.54) is 6.20 Å². The van der Waals surface area contributed by atoms with Gasteiger partial charge in [0, 0.05) is 23.7 Å². The van der Waals surface area contributed by atoms with E-state index in [1.807, 2.05) is 19.2 Å². The van der Waals surface area contributed by atoms with Gasteiger partial charge in [-0.3, -0.25) is 4.68 Å². The molecule has 0 aliphatic heterocycles. The van der Waals surface area contributed by atoms with E-state index in [4.69, 9.17) is 21.4 Å². The van der Waals surface area contributed by atoms with Gasteiger partial charge in [-0.25, -0.2) is 14.8 Å². The van der Waals surface area contributed by atoms with Gasteiger partial charge in [-0.1, -0.05) is 11.6 Å². The zero-order valence-corrected chi connectivity index (χ0v) is 15.9. The molecule has 1 amide bonds. The van der Waals surface area contributed by atoms with Crippen LogP contribution in [-0.2, 0) is 7.05 Å². The lowest BCUT2D eigenvalue weighted by atomic mass is 10.2. The number of aromatic amines is 1. The summed E-state index contributed by atoms with van der Waals surface area (Å²) in [5, 5.41) is 17.6. The molecule has 1 aromatic carbocycles. The summed E-state index contributed by atoms with van der Waals surface area (Å²) in [7, 11) is 1.83. The number of ether oxygens (including phenoxy) is 1. The van der Waals surface area contributed by atoms with E-state index in [2.05, 4.69) is 25.4 Å². The van der Waals surface area contributed by atoms with E-state index in [0.29, 0.717) is 27.6 Å². The number of hydrogen-bond donors (Lipinski definition) is 3. The summed E-state index contributed by atoms with van der Waals surface area (Å²) < 4.78 is 7.02. The van der Waals surface area contributed by atoms with Gasteiger partial charge in [0.1, 0.15) is 11.4 Å². The molecule has 0 aliphatic carbocycles. The summed E-state index contributed by atoms with van der Waals surface area (Å²) in [6.45, 7) is 1.47. The average Bonchev–Trinajstić information content (AvgIpc) is 3.22. The molecular formula is C18H17ClN6O3. The highest BCUT2D eigenvalue weighted by atomic mass is 35.5. The van der Waals surface area contributed by atoms with Gasteiger partial charge in [-0.05, 0) is 25.1 Å². The van der Waals surface area contributed by atoms with Crippen LogP contribution in [0.5, 0.6) is 5.75 Å². The third kappa shape index (κ3) is 3.25. The predicted molar refractivity (Wildman–Crippen MR) is 104 cm³/mol. The number of amides is 1. The molecule has 0 radical (unpaired) electrons. The summed E-state index contributed by atoms with van der Waals surface area (Å²) in [6.07, 6.45) is 2.42. The van der Waals surface area contributed by atoms with Crippen LogP contribution < -0.4 is 10.1 Å². The molecule has 1 atom stereocenters. The number of carbonyl (C=O) groups is 1. The quantitative estimate of drug-likeness (QED) is 0.484. The monoisotopic (exact) mass is 400 g/mol. The molecule has 3 N–H and O–H groups in total. The van der Waals surface area contributed by atoms with E-state index < -0.39 is 12.1 Å². The topological polar surface area (TPSA) is 118 Å². The van der Waals surface area contributed by atoms with Crippen molar-refractivity contribution in [3.63, 3.8) is 0 Å². The minimum Gasteiger partial charge on any atom is -0.406 e. The second-order valence-corrected chi connectivity index (χ2v) is 6.79. The van der Waals surface area contributed by atoms with Crippen molar-refractivity contribution in [2.45, 2.75) is 13.0 Å². The van der Waals surface area contributed by atoms with Gasteiger partial charge in [0.25, 0.3) is 0 Å². The lowest BCUT2D eigenvalue weighted by Gasteiger charge is -2.10. The number of nitrogens with one attached hydrogen (secondary N) is 2. The number of aliphatic hydroxyl groups is 1. The van der Waals surface area contributed by atoms with Crippen LogP contribution in [0.25, 0.3) is 33.5 Å². The summed E-state index contributed by atoms with van der Waals surface area (Å²) in [5.74, 6) is 0.232. The molecule has 4 rings (SSSR count). The number of H-pyrrole nitrogens is 1. The Bertz CT molecular complexity index is 1180. The van der Waals surface area contributed by atoms with E-state index in [1.54, 1.807) is 23.9 Å². The average molecular weight is 401 g/mol. The van der Waals surface area contributed by atoms with Gasteiger partial charge >= 0.3 is 6.09 Å². The normalized spacial score (nSPS) is 12.4. The van der Waals surface area contributed by atoms with Gasteiger partial charge in [-0.15, -0.1) is 0 Å². The van der Waals surface area contributed by atoms with Crippen molar-refractivity contribution in [1.82, 2.24) is 30.0 Å². The van der Waals surface area contributed by atoms with Crippen LogP contribution in [0.4, 0.5) is 4.79 Å². The number of carbonyl (C=O) groups excluding carboxylic acids is 1. The molecule has 0 aliphatic rings. The Morgan fingerprint density at radius 1 is 1.46 bits per heavy atom. The van der Waals surface area contributed by atoms with Gasteiger partial charge in [-0.2, -0.15) is 5.10 Å². The molecule has 0 saturated heterocycles. The fourth-order valence-corrected chi connectivity index (χ4v) is 3.02. The van der Waals surface area contributed by atoms with Crippen LogP contribution in [0, 0.1) is 0 Å². The number of halogens is 1. The number of aliphatic hydroxyl groups excluding tert-OH is 1. The molecule has 3 aromatic heterocycles. The number of aromatic nitrogens is 5. The van der Waals surface area contributed by atoms with E-state index in [0.717, 1.165) is 10.9 Å². The first-order valence-electron chi connectivity index (χ1n) is 8.52. The Morgan fingerprint density at radius 3 is 3.07 bits per heavy atom. The molecule has 10 heteroatoms.